The Morgan fingerprint density at radius 2 is 2.00 bits per heavy atom. The third-order valence-corrected chi connectivity index (χ3v) is 5.35. The van der Waals surface area contributed by atoms with Gasteiger partial charge in [-0.2, -0.15) is 13.9 Å². The van der Waals surface area contributed by atoms with Gasteiger partial charge in [-0.1, -0.05) is 23.7 Å². The van der Waals surface area contributed by atoms with E-state index in [0.717, 1.165) is 11.3 Å². The predicted octanol–water partition coefficient (Wildman–Crippen LogP) is 2.74. The number of hydrogen-bond acceptors (Lipinski definition) is 5. The first-order chi connectivity index (χ1) is 13.7. The number of aliphatic hydroxyl groups is 1. The van der Waals surface area contributed by atoms with Crippen LogP contribution in [-0.2, 0) is 13.1 Å². The fraction of sp³-hybridized carbons (Fsp3) is 0.316. The molecule has 153 valence electrons. The maximum absolute atomic E-state index is 13.5. The molecule has 1 aliphatic rings. The van der Waals surface area contributed by atoms with E-state index in [-0.39, 0.29) is 43.3 Å². The number of rotatable bonds is 4. The second kappa shape index (κ2) is 8.16. The Morgan fingerprint density at radius 3 is 2.70 bits per heavy atom. The maximum atomic E-state index is 13.5. The van der Waals surface area contributed by atoms with E-state index in [1.807, 2.05) is 6.92 Å². The minimum absolute atomic E-state index is 0. The fourth-order valence-electron chi connectivity index (χ4n) is 3.35. The van der Waals surface area contributed by atoms with Crippen molar-refractivity contribution >= 4 is 42.0 Å². The van der Waals surface area contributed by atoms with E-state index in [1.54, 1.807) is 17.5 Å². The second-order valence-corrected chi connectivity index (χ2v) is 7.19. The predicted molar refractivity (Wildman–Crippen MR) is 106 cm³/mol. The molecule has 30 heavy (non-hydrogen) atoms. The van der Waals surface area contributed by atoms with Gasteiger partial charge in [0.15, 0.2) is 5.65 Å². The van der Waals surface area contributed by atoms with Crippen LogP contribution in [-0.4, -0.2) is 62.1 Å². The summed E-state index contributed by atoms with van der Waals surface area (Å²) in [5, 5.41) is 13.8. The molecule has 2 aromatic heterocycles. The number of fused-ring (bicyclic) bond motifs is 3. The molecule has 1 radical (unpaired) electrons. The number of para-hydroxylation sites is 1. The first-order valence-electron chi connectivity index (χ1n) is 8.81. The van der Waals surface area contributed by atoms with Crippen molar-refractivity contribution in [2.24, 2.45) is 0 Å². The second-order valence-electron chi connectivity index (χ2n) is 6.81. The number of ether oxygens (including phenoxy) is 1. The topological polar surface area (TPSA) is 80.0 Å². The number of hydrogen-bond donors (Lipinski definition) is 1. The van der Waals surface area contributed by atoms with Crippen LogP contribution in [0, 0.1) is 13.8 Å². The van der Waals surface area contributed by atoms with Crippen LogP contribution in [0.1, 0.15) is 33.0 Å². The number of benzene rings is 1. The molecule has 0 atom stereocenters. The molecule has 3 aromatic rings. The van der Waals surface area contributed by atoms with Gasteiger partial charge in [0, 0.05) is 24.4 Å². The van der Waals surface area contributed by atoms with E-state index < -0.39 is 18.6 Å². The van der Waals surface area contributed by atoms with Crippen molar-refractivity contribution in [1.29, 1.82) is 0 Å². The molecule has 0 spiro atoms. The van der Waals surface area contributed by atoms with Crippen molar-refractivity contribution in [2.45, 2.75) is 33.0 Å². The summed E-state index contributed by atoms with van der Waals surface area (Å²) in [4.78, 5) is 19.0. The molecule has 4 rings (SSSR count). The zero-order valence-electron chi connectivity index (χ0n) is 16.6. The summed E-state index contributed by atoms with van der Waals surface area (Å²) in [5.74, 6) is -0.778. The Bertz CT molecular complexity index is 1140. The minimum Gasteiger partial charge on any atom is -0.430 e. The van der Waals surface area contributed by atoms with Crippen molar-refractivity contribution in [2.75, 3.05) is 6.61 Å². The molecule has 1 N–H and O–H groups in total. The summed E-state index contributed by atoms with van der Waals surface area (Å²) >= 11 is 6.24. The third-order valence-electron chi connectivity index (χ3n) is 4.80. The molecule has 0 fully saturated rings. The Kier molecular flexibility index (Phi) is 6.12. The summed E-state index contributed by atoms with van der Waals surface area (Å²) < 4.78 is 33.2. The smallest absolute Gasteiger partial charge is 0.421 e. The number of carbonyl (C=O) groups excluding carboxylic acids is 1. The van der Waals surface area contributed by atoms with E-state index in [1.165, 1.54) is 23.1 Å². The van der Waals surface area contributed by atoms with Crippen LogP contribution in [0.3, 0.4) is 0 Å². The Balaban J connectivity index is 0.00000256. The molecule has 1 aromatic carbocycles. The number of alkyl halides is 2. The molecule has 7 nitrogen and oxygen atoms in total. The summed E-state index contributed by atoms with van der Waals surface area (Å²) in [6.07, 6.45) is -3.79. The number of halogens is 3. The van der Waals surface area contributed by atoms with Crippen molar-refractivity contribution in [3.63, 3.8) is 0 Å². The largest absolute Gasteiger partial charge is 0.430 e. The number of aliphatic hydroxyl groups excluding tert-OH is 1. The van der Waals surface area contributed by atoms with Crippen molar-refractivity contribution in [1.82, 2.24) is 19.5 Å². The van der Waals surface area contributed by atoms with Gasteiger partial charge in [0.2, 0.25) is 0 Å². The van der Waals surface area contributed by atoms with Gasteiger partial charge < -0.3 is 14.7 Å². The zero-order valence-corrected chi connectivity index (χ0v) is 17.4. The molecule has 0 saturated carbocycles. The van der Waals surface area contributed by atoms with Crippen LogP contribution < -0.4 is 4.74 Å². The minimum atomic E-state index is -3.79. The fourth-order valence-corrected chi connectivity index (χ4v) is 3.48. The van der Waals surface area contributed by atoms with Crippen molar-refractivity contribution in [3.8, 4) is 5.75 Å². The molecule has 0 bridgehead atoms. The van der Waals surface area contributed by atoms with Crippen LogP contribution >= 0.6 is 11.6 Å². The van der Waals surface area contributed by atoms with Gasteiger partial charge in [0.05, 0.1) is 40.8 Å². The van der Waals surface area contributed by atoms with E-state index >= 15 is 0 Å². The summed E-state index contributed by atoms with van der Waals surface area (Å²) in [6, 6.07) is 5.70. The number of amides is 1. The summed E-state index contributed by atoms with van der Waals surface area (Å²) in [7, 11) is 0. The van der Waals surface area contributed by atoms with Crippen LogP contribution in [0.4, 0.5) is 8.78 Å². The van der Waals surface area contributed by atoms with Gasteiger partial charge in [-0.3, -0.25) is 4.79 Å². The summed E-state index contributed by atoms with van der Waals surface area (Å²) in [6.45, 7) is 2.58. The number of nitrogens with zero attached hydrogens (tertiary/aromatic N) is 4. The molecule has 0 aliphatic carbocycles. The average molecular weight is 430 g/mol. The van der Waals surface area contributed by atoms with Crippen LogP contribution in [0.2, 0.25) is 5.02 Å². The van der Waals surface area contributed by atoms with Crippen LogP contribution in [0.25, 0.3) is 5.65 Å². The SMILES string of the molecule is Cc1nc2c3c(nn2c(C)c1Cl)CN(C(=O)c1ccccc1OC(F)(F)CO)C3.[Li]. The van der Waals surface area contributed by atoms with Gasteiger partial charge in [-0.25, -0.2) is 9.50 Å². The van der Waals surface area contributed by atoms with Gasteiger partial charge in [-0.15, -0.1) is 0 Å². The Morgan fingerprint density at radius 1 is 1.30 bits per heavy atom. The molecule has 0 saturated heterocycles. The van der Waals surface area contributed by atoms with E-state index in [0.29, 0.717) is 22.1 Å². The first kappa shape index (κ1) is 22.5. The Labute approximate surface area is 187 Å². The molecule has 1 amide bonds. The van der Waals surface area contributed by atoms with Crippen molar-refractivity contribution < 1.29 is 23.4 Å². The van der Waals surface area contributed by atoms with E-state index in [9.17, 15) is 13.6 Å². The molecular weight excluding hydrogens is 413 g/mol. The molecular formula is C19H17ClF2LiN4O3. The molecule has 0 unspecified atom stereocenters. The van der Waals surface area contributed by atoms with Crippen LogP contribution in [0.5, 0.6) is 5.75 Å². The number of carbonyl (C=O) groups is 1. The van der Waals surface area contributed by atoms with Crippen LogP contribution in [0.15, 0.2) is 24.3 Å². The standard InChI is InChI=1S/C19H17ClF2N4O3.Li/c1-10-16(20)11(2)26-17(23-10)13-7-25(8-14(13)24-26)18(28)12-5-3-4-6-15(12)29-19(21,22)9-27;/h3-6,27H,7-9H2,1-2H3;. The normalized spacial score (nSPS) is 13.3. The molecule has 1 aliphatic heterocycles. The van der Waals surface area contributed by atoms with E-state index in [4.69, 9.17) is 16.7 Å². The molecule has 11 heteroatoms. The number of aromatic nitrogens is 3. The zero-order chi connectivity index (χ0) is 20.9. The molecule has 3 heterocycles. The summed E-state index contributed by atoms with van der Waals surface area (Å²) in [5.41, 5.74) is 3.48. The van der Waals surface area contributed by atoms with Gasteiger partial charge in [-0.05, 0) is 26.0 Å². The van der Waals surface area contributed by atoms with Gasteiger partial charge >= 0.3 is 6.11 Å². The number of aryl methyl sites for hydroxylation is 2. The van der Waals surface area contributed by atoms with Crippen molar-refractivity contribution in [3.05, 3.63) is 57.5 Å². The first-order valence-corrected chi connectivity index (χ1v) is 9.19. The quantitative estimate of drug-likeness (QED) is 0.645. The monoisotopic (exact) mass is 429 g/mol. The maximum Gasteiger partial charge on any atom is 0.421 e. The van der Waals surface area contributed by atoms with Gasteiger partial charge in [0.1, 0.15) is 12.4 Å². The van der Waals surface area contributed by atoms with E-state index in [2.05, 4.69) is 14.8 Å². The third kappa shape index (κ3) is 3.78. The Hall–Kier alpha value is -2.18. The van der Waals surface area contributed by atoms with Gasteiger partial charge in [0.25, 0.3) is 5.91 Å². The average Bonchev–Trinajstić information content (AvgIpc) is 3.25.